The lowest BCUT2D eigenvalue weighted by atomic mass is 10.2. The molecule has 0 spiro atoms. The molecule has 0 saturated carbocycles. The van der Waals surface area contributed by atoms with Gasteiger partial charge < -0.3 is 20.7 Å². The number of carbonyl (C=O) groups is 1. The van der Waals surface area contributed by atoms with E-state index in [1.165, 1.54) is 0 Å². The molecular weight excluding hydrogens is 292 g/mol. The highest BCUT2D eigenvalue weighted by atomic mass is 16.5. The molecule has 0 aromatic heterocycles. The van der Waals surface area contributed by atoms with Gasteiger partial charge in [0.25, 0.3) is 0 Å². The fourth-order valence-electron chi connectivity index (χ4n) is 2.62. The fraction of sp³-hybridized carbons (Fsp3) is 0.529. The van der Waals surface area contributed by atoms with E-state index in [9.17, 15) is 4.79 Å². The van der Waals surface area contributed by atoms with Crippen molar-refractivity contribution >= 4 is 17.6 Å². The summed E-state index contributed by atoms with van der Waals surface area (Å²) in [6, 6.07) is 7.52. The summed E-state index contributed by atoms with van der Waals surface area (Å²) in [6.45, 7) is 2.24. The van der Waals surface area contributed by atoms with Gasteiger partial charge in [0.15, 0.2) is 5.96 Å². The summed E-state index contributed by atoms with van der Waals surface area (Å²) in [5.74, 6) is 1.41. The molecule has 1 aliphatic heterocycles. The standard InChI is InChI=1S/C17H26N4O2/c1-23-15-8-5-7-14(13-15)20-17(18)19-10-6-12-21-11-4-2-3-9-16(21)22/h5,7-8,13H,2-4,6,9-12H2,1H3,(H3,18,19,20). The lowest BCUT2D eigenvalue weighted by molar-refractivity contribution is -0.130. The highest BCUT2D eigenvalue weighted by molar-refractivity contribution is 5.92. The van der Waals surface area contributed by atoms with Crippen LogP contribution in [0.3, 0.4) is 0 Å². The summed E-state index contributed by atoms with van der Waals surface area (Å²) in [4.78, 5) is 18.2. The minimum atomic E-state index is 0.272. The zero-order chi connectivity index (χ0) is 16.5. The van der Waals surface area contributed by atoms with E-state index in [2.05, 4.69) is 10.3 Å². The zero-order valence-corrected chi connectivity index (χ0v) is 13.8. The van der Waals surface area contributed by atoms with E-state index in [0.717, 1.165) is 50.2 Å². The number of rotatable bonds is 6. The van der Waals surface area contributed by atoms with Gasteiger partial charge in [-0.1, -0.05) is 12.5 Å². The molecule has 0 atom stereocenters. The first-order valence-electron chi connectivity index (χ1n) is 8.18. The van der Waals surface area contributed by atoms with Gasteiger partial charge in [-0.05, 0) is 31.4 Å². The number of hydrogen-bond acceptors (Lipinski definition) is 3. The Balaban J connectivity index is 1.75. The van der Waals surface area contributed by atoms with Crippen molar-refractivity contribution < 1.29 is 9.53 Å². The molecule has 6 nitrogen and oxygen atoms in total. The number of carbonyl (C=O) groups excluding carboxylic acids is 1. The number of amides is 1. The number of guanidine groups is 1. The molecule has 1 heterocycles. The average molecular weight is 318 g/mol. The van der Waals surface area contributed by atoms with Crippen LogP contribution in [0.25, 0.3) is 0 Å². The third-order valence-electron chi connectivity index (χ3n) is 3.88. The predicted molar refractivity (Wildman–Crippen MR) is 92.8 cm³/mol. The molecule has 0 unspecified atom stereocenters. The Bertz CT molecular complexity index is 545. The number of nitrogens with two attached hydrogens (primary N) is 1. The van der Waals surface area contributed by atoms with Crippen molar-refractivity contribution in [1.82, 2.24) is 4.90 Å². The summed E-state index contributed by atoms with van der Waals surface area (Å²) in [5.41, 5.74) is 6.73. The van der Waals surface area contributed by atoms with Crippen molar-refractivity contribution in [2.24, 2.45) is 10.7 Å². The van der Waals surface area contributed by atoms with Gasteiger partial charge in [0.2, 0.25) is 5.91 Å². The Kier molecular flexibility index (Phi) is 6.72. The number of anilines is 1. The lowest BCUT2D eigenvalue weighted by Crippen LogP contribution is -2.31. The van der Waals surface area contributed by atoms with E-state index in [0.29, 0.717) is 18.9 Å². The number of likely N-dealkylation sites (tertiary alicyclic amines) is 1. The number of benzene rings is 1. The molecule has 1 amide bonds. The molecule has 3 N–H and O–H groups in total. The van der Waals surface area contributed by atoms with Crippen molar-refractivity contribution in [3.05, 3.63) is 24.3 Å². The normalized spacial score (nSPS) is 16.1. The minimum absolute atomic E-state index is 0.272. The van der Waals surface area contributed by atoms with Crippen molar-refractivity contribution in [2.75, 3.05) is 32.1 Å². The van der Waals surface area contributed by atoms with Crippen LogP contribution in [0.1, 0.15) is 32.1 Å². The lowest BCUT2D eigenvalue weighted by Gasteiger charge is -2.19. The maximum Gasteiger partial charge on any atom is 0.222 e. The second kappa shape index (κ2) is 9.02. The van der Waals surface area contributed by atoms with E-state index in [1.54, 1.807) is 7.11 Å². The van der Waals surface area contributed by atoms with Crippen LogP contribution >= 0.6 is 0 Å². The first-order valence-corrected chi connectivity index (χ1v) is 8.18. The van der Waals surface area contributed by atoms with Gasteiger partial charge in [0.05, 0.1) is 7.11 Å². The maximum absolute atomic E-state index is 11.9. The topological polar surface area (TPSA) is 80.0 Å². The number of methoxy groups -OCH3 is 1. The van der Waals surface area contributed by atoms with E-state index in [4.69, 9.17) is 10.5 Å². The predicted octanol–water partition coefficient (Wildman–Crippen LogP) is 2.21. The van der Waals surface area contributed by atoms with Gasteiger partial charge in [-0.15, -0.1) is 0 Å². The van der Waals surface area contributed by atoms with Gasteiger partial charge in [0, 0.05) is 37.8 Å². The van der Waals surface area contributed by atoms with Gasteiger partial charge >= 0.3 is 0 Å². The van der Waals surface area contributed by atoms with Crippen LogP contribution < -0.4 is 15.8 Å². The quantitative estimate of drug-likeness (QED) is 0.479. The molecule has 6 heteroatoms. The minimum Gasteiger partial charge on any atom is -0.497 e. The summed E-state index contributed by atoms with van der Waals surface area (Å²) in [5, 5.41) is 3.04. The molecule has 1 fully saturated rings. The Morgan fingerprint density at radius 2 is 2.26 bits per heavy atom. The van der Waals surface area contributed by atoms with E-state index >= 15 is 0 Å². The first kappa shape index (κ1) is 17.1. The molecule has 1 aliphatic rings. The molecular formula is C17H26N4O2. The van der Waals surface area contributed by atoms with Gasteiger partial charge in [0.1, 0.15) is 5.75 Å². The molecule has 0 aliphatic carbocycles. The SMILES string of the molecule is COc1cccc(NC(N)=NCCCN2CCCCCC2=O)c1. The second-order valence-corrected chi connectivity index (χ2v) is 5.67. The van der Waals surface area contributed by atoms with Crippen LogP contribution in [0.4, 0.5) is 5.69 Å². The number of nitrogens with zero attached hydrogens (tertiary/aromatic N) is 2. The van der Waals surface area contributed by atoms with Crippen LogP contribution in [0.5, 0.6) is 5.75 Å². The van der Waals surface area contributed by atoms with E-state index in [-0.39, 0.29) is 5.91 Å². The molecule has 1 aromatic rings. The fourth-order valence-corrected chi connectivity index (χ4v) is 2.62. The van der Waals surface area contributed by atoms with Crippen molar-refractivity contribution in [2.45, 2.75) is 32.1 Å². The zero-order valence-electron chi connectivity index (χ0n) is 13.8. The van der Waals surface area contributed by atoms with Crippen LogP contribution in [-0.4, -0.2) is 43.5 Å². The van der Waals surface area contributed by atoms with Gasteiger partial charge in [-0.3, -0.25) is 9.79 Å². The van der Waals surface area contributed by atoms with Crippen molar-refractivity contribution in [3.63, 3.8) is 0 Å². The number of nitrogens with one attached hydrogen (secondary N) is 1. The van der Waals surface area contributed by atoms with Crippen LogP contribution in [-0.2, 0) is 4.79 Å². The van der Waals surface area contributed by atoms with Gasteiger partial charge in [-0.2, -0.15) is 0 Å². The molecule has 23 heavy (non-hydrogen) atoms. The molecule has 1 aromatic carbocycles. The van der Waals surface area contributed by atoms with Crippen LogP contribution in [0, 0.1) is 0 Å². The third-order valence-corrected chi connectivity index (χ3v) is 3.88. The molecule has 2 rings (SSSR count). The third kappa shape index (κ3) is 5.81. The van der Waals surface area contributed by atoms with E-state index < -0.39 is 0 Å². The summed E-state index contributed by atoms with van der Waals surface area (Å²) in [6.07, 6.45) is 4.78. The highest BCUT2D eigenvalue weighted by Crippen LogP contribution is 2.16. The number of hydrogen-bond donors (Lipinski definition) is 2. The Labute approximate surface area is 137 Å². The monoisotopic (exact) mass is 318 g/mol. The highest BCUT2D eigenvalue weighted by Gasteiger charge is 2.15. The molecule has 0 radical (unpaired) electrons. The Hall–Kier alpha value is -2.24. The largest absolute Gasteiger partial charge is 0.497 e. The maximum atomic E-state index is 11.9. The van der Waals surface area contributed by atoms with Gasteiger partial charge in [-0.25, -0.2) is 0 Å². The van der Waals surface area contributed by atoms with Crippen LogP contribution in [0.15, 0.2) is 29.3 Å². The van der Waals surface area contributed by atoms with Crippen LogP contribution in [0.2, 0.25) is 0 Å². The molecule has 126 valence electrons. The second-order valence-electron chi connectivity index (χ2n) is 5.67. The summed E-state index contributed by atoms with van der Waals surface area (Å²) >= 11 is 0. The first-order chi connectivity index (χ1) is 11.2. The average Bonchev–Trinajstić information content (AvgIpc) is 2.76. The Morgan fingerprint density at radius 3 is 3.09 bits per heavy atom. The van der Waals surface area contributed by atoms with E-state index in [1.807, 2.05) is 29.2 Å². The smallest absolute Gasteiger partial charge is 0.222 e. The number of ether oxygens (including phenoxy) is 1. The number of aliphatic imine (C=N–C) groups is 1. The summed E-state index contributed by atoms with van der Waals surface area (Å²) in [7, 11) is 1.63. The molecule has 1 saturated heterocycles. The summed E-state index contributed by atoms with van der Waals surface area (Å²) < 4.78 is 5.16. The molecule has 0 bridgehead atoms. The van der Waals surface area contributed by atoms with Crippen molar-refractivity contribution in [1.29, 1.82) is 0 Å². The van der Waals surface area contributed by atoms with Crippen molar-refractivity contribution in [3.8, 4) is 5.75 Å². The Morgan fingerprint density at radius 1 is 1.39 bits per heavy atom.